The van der Waals surface area contributed by atoms with E-state index in [9.17, 15) is 14.0 Å². The third kappa shape index (κ3) is 5.70. The van der Waals surface area contributed by atoms with Crippen LogP contribution in [0.3, 0.4) is 0 Å². The Hall–Kier alpha value is -3.27. The first-order chi connectivity index (χ1) is 15.4. The molecule has 1 saturated heterocycles. The van der Waals surface area contributed by atoms with E-state index in [1.165, 1.54) is 12.1 Å². The molecule has 1 fully saturated rings. The number of halogens is 1. The number of carbonyl (C=O) groups is 3. The molecule has 0 bridgehead atoms. The summed E-state index contributed by atoms with van der Waals surface area (Å²) in [5.74, 6) is -0.427. The molecule has 0 spiro atoms. The van der Waals surface area contributed by atoms with Crippen molar-refractivity contribution in [1.82, 2.24) is 24.9 Å². The average Bonchev–Trinajstić information content (AvgIpc) is 3.07. The van der Waals surface area contributed by atoms with Gasteiger partial charge in [-0.05, 0) is 44.1 Å². The number of amides is 2. The smallest absolute Gasteiger partial charge is 0.290 e. The van der Waals surface area contributed by atoms with E-state index >= 15 is 0 Å². The number of hydrogen-bond donors (Lipinski definition) is 2. The molecule has 9 nitrogen and oxygen atoms in total. The molecule has 4 rings (SSSR count). The number of aromatic nitrogens is 2. The third-order valence-corrected chi connectivity index (χ3v) is 5.74. The molecular formula is C22H28FN5O4. The minimum atomic E-state index is -0.340. The number of likely N-dealkylation sites (N-methyl/N-ethyl adjacent to an activating group) is 1. The average molecular weight is 445 g/mol. The molecule has 2 amide bonds. The van der Waals surface area contributed by atoms with Crippen molar-refractivity contribution in [3.8, 4) is 0 Å². The predicted molar refractivity (Wildman–Crippen MR) is 115 cm³/mol. The van der Waals surface area contributed by atoms with E-state index in [2.05, 4.69) is 22.1 Å². The maximum atomic E-state index is 13.4. The number of nitrogens with one attached hydrogen (secondary N) is 1. The van der Waals surface area contributed by atoms with Crippen molar-refractivity contribution in [2.75, 3.05) is 39.8 Å². The SMILES string of the molecule is CN1CCCN(C(=O)c2n[nH]c3c2CCN(C(=O)Cc2cccc(F)c2)C3)CC1.O=CO. The molecule has 0 radical (unpaired) electrons. The summed E-state index contributed by atoms with van der Waals surface area (Å²) in [4.78, 5) is 39.8. The van der Waals surface area contributed by atoms with Crippen LogP contribution in [0.1, 0.15) is 33.7 Å². The molecule has 0 aliphatic carbocycles. The lowest BCUT2D eigenvalue weighted by Crippen LogP contribution is -2.38. The Labute approximate surface area is 185 Å². The molecule has 0 saturated carbocycles. The van der Waals surface area contributed by atoms with Gasteiger partial charge in [-0.15, -0.1) is 0 Å². The van der Waals surface area contributed by atoms with Crippen LogP contribution < -0.4 is 0 Å². The zero-order chi connectivity index (χ0) is 23.1. The maximum absolute atomic E-state index is 13.4. The highest BCUT2D eigenvalue weighted by Crippen LogP contribution is 2.22. The minimum absolute atomic E-state index is 0.0302. The number of carbonyl (C=O) groups excluding carboxylic acids is 2. The zero-order valence-corrected chi connectivity index (χ0v) is 18.1. The van der Waals surface area contributed by atoms with Crippen LogP contribution in [0.5, 0.6) is 0 Å². The molecule has 3 heterocycles. The van der Waals surface area contributed by atoms with Gasteiger partial charge in [-0.2, -0.15) is 5.10 Å². The van der Waals surface area contributed by atoms with Crippen LogP contribution in [0, 0.1) is 5.82 Å². The Morgan fingerprint density at radius 2 is 1.97 bits per heavy atom. The van der Waals surface area contributed by atoms with E-state index in [-0.39, 0.29) is 30.5 Å². The summed E-state index contributed by atoms with van der Waals surface area (Å²) in [6, 6.07) is 6.12. The molecule has 0 atom stereocenters. The molecule has 1 aromatic heterocycles. The molecule has 1 aromatic carbocycles. The van der Waals surface area contributed by atoms with Gasteiger partial charge in [0.2, 0.25) is 5.91 Å². The summed E-state index contributed by atoms with van der Waals surface area (Å²) in [5, 5.41) is 14.2. The predicted octanol–water partition coefficient (Wildman–Crippen LogP) is 1.15. The van der Waals surface area contributed by atoms with Crippen molar-refractivity contribution < 1.29 is 23.9 Å². The monoisotopic (exact) mass is 445 g/mol. The standard InChI is InChI=1S/C21H26FN5O2.CH2O2/c1-25-7-3-8-26(11-10-25)21(29)20-17-6-9-27(14-18(17)23-24-20)19(28)13-15-4-2-5-16(22)12-15;2-1-3/h2,4-5,12H,3,6-11,13-14H2,1H3,(H,23,24);1H,(H,2,3). The minimum Gasteiger partial charge on any atom is -0.483 e. The molecule has 10 heteroatoms. The summed E-state index contributed by atoms with van der Waals surface area (Å²) in [5.41, 5.74) is 2.88. The Kier molecular flexibility index (Phi) is 7.93. The fourth-order valence-electron chi connectivity index (χ4n) is 4.04. The van der Waals surface area contributed by atoms with Gasteiger partial charge in [0, 0.05) is 31.7 Å². The molecule has 32 heavy (non-hydrogen) atoms. The highest BCUT2D eigenvalue weighted by Gasteiger charge is 2.30. The number of nitrogens with zero attached hydrogens (tertiary/aromatic N) is 4. The lowest BCUT2D eigenvalue weighted by atomic mass is 10.0. The van der Waals surface area contributed by atoms with Gasteiger partial charge in [0.25, 0.3) is 12.4 Å². The van der Waals surface area contributed by atoms with Crippen molar-refractivity contribution in [2.45, 2.75) is 25.8 Å². The number of fused-ring (bicyclic) bond motifs is 1. The van der Waals surface area contributed by atoms with Crippen molar-refractivity contribution in [1.29, 1.82) is 0 Å². The fraction of sp³-hybridized carbons (Fsp3) is 0.455. The van der Waals surface area contributed by atoms with Gasteiger partial charge < -0.3 is 19.8 Å². The third-order valence-electron chi connectivity index (χ3n) is 5.74. The van der Waals surface area contributed by atoms with Crippen LogP contribution in [-0.4, -0.2) is 88.1 Å². The number of hydrogen-bond acceptors (Lipinski definition) is 5. The Bertz CT molecular complexity index is 964. The highest BCUT2D eigenvalue weighted by atomic mass is 19.1. The van der Waals surface area contributed by atoms with Crippen molar-refractivity contribution in [3.05, 3.63) is 52.6 Å². The molecule has 2 N–H and O–H groups in total. The van der Waals surface area contributed by atoms with E-state index in [1.807, 2.05) is 4.90 Å². The zero-order valence-electron chi connectivity index (χ0n) is 18.1. The van der Waals surface area contributed by atoms with E-state index in [0.717, 1.165) is 37.3 Å². The summed E-state index contributed by atoms with van der Waals surface area (Å²) >= 11 is 0. The van der Waals surface area contributed by atoms with Crippen LogP contribution in [-0.2, 0) is 29.0 Å². The lowest BCUT2D eigenvalue weighted by molar-refractivity contribution is -0.131. The van der Waals surface area contributed by atoms with Crippen LogP contribution in [0.15, 0.2) is 24.3 Å². The molecule has 2 aliphatic heterocycles. The Morgan fingerprint density at radius 1 is 1.19 bits per heavy atom. The second-order valence-electron chi connectivity index (χ2n) is 7.96. The quantitative estimate of drug-likeness (QED) is 0.686. The van der Waals surface area contributed by atoms with Gasteiger partial charge in [-0.3, -0.25) is 19.5 Å². The maximum Gasteiger partial charge on any atom is 0.290 e. The van der Waals surface area contributed by atoms with Crippen molar-refractivity contribution >= 4 is 18.3 Å². The van der Waals surface area contributed by atoms with Gasteiger partial charge in [0.15, 0.2) is 5.69 Å². The molecule has 172 valence electrons. The summed E-state index contributed by atoms with van der Waals surface area (Å²) in [6.07, 6.45) is 1.71. The van der Waals surface area contributed by atoms with E-state index in [4.69, 9.17) is 9.90 Å². The van der Waals surface area contributed by atoms with E-state index in [0.29, 0.717) is 37.3 Å². The van der Waals surface area contributed by atoms with Crippen molar-refractivity contribution in [3.63, 3.8) is 0 Å². The number of rotatable bonds is 3. The van der Waals surface area contributed by atoms with E-state index in [1.54, 1.807) is 17.0 Å². The van der Waals surface area contributed by atoms with Gasteiger partial charge in [0.05, 0.1) is 18.7 Å². The van der Waals surface area contributed by atoms with Gasteiger partial charge >= 0.3 is 0 Å². The largest absolute Gasteiger partial charge is 0.483 e. The first-order valence-electron chi connectivity index (χ1n) is 10.6. The van der Waals surface area contributed by atoms with Crippen LogP contribution >= 0.6 is 0 Å². The Balaban J connectivity index is 0.000000913. The number of H-pyrrole nitrogens is 1. The summed E-state index contributed by atoms with van der Waals surface area (Å²) in [7, 11) is 2.07. The Morgan fingerprint density at radius 3 is 2.72 bits per heavy atom. The fourth-order valence-corrected chi connectivity index (χ4v) is 4.04. The van der Waals surface area contributed by atoms with Crippen LogP contribution in [0.2, 0.25) is 0 Å². The summed E-state index contributed by atoms with van der Waals surface area (Å²) in [6.45, 7) is 3.97. The molecular weight excluding hydrogens is 417 g/mol. The molecule has 2 aromatic rings. The van der Waals surface area contributed by atoms with Gasteiger partial charge in [-0.25, -0.2) is 4.39 Å². The first kappa shape index (κ1) is 23.4. The van der Waals surface area contributed by atoms with Gasteiger partial charge in [-0.1, -0.05) is 12.1 Å². The molecule has 2 aliphatic rings. The van der Waals surface area contributed by atoms with E-state index < -0.39 is 0 Å². The lowest BCUT2D eigenvalue weighted by Gasteiger charge is -2.27. The number of aromatic amines is 1. The topological polar surface area (TPSA) is 110 Å². The normalized spacial score (nSPS) is 16.4. The van der Waals surface area contributed by atoms with Crippen LogP contribution in [0.25, 0.3) is 0 Å². The van der Waals surface area contributed by atoms with Crippen LogP contribution in [0.4, 0.5) is 4.39 Å². The van der Waals surface area contributed by atoms with Crippen molar-refractivity contribution in [2.24, 2.45) is 0 Å². The molecule has 0 unspecified atom stereocenters. The second-order valence-corrected chi connectivity index (χ2v) is 7.96. The first-order valence-corrected chi connectivity index (χ1v) is 10.6. The number of benzene rings is 1. The summed E-state index contributed by atoms with van der Waals surface area (Å²) < 4.78 is 13.4. The highest BCUT2D eigenvalue weighted by molar-refractivity contribution is 5.94. The second kappa shape index (κ2) is 10.9. The number of carboxylic acid groups (broad SMARTS) is 1. The van der Waals surface area contributed by atoms with Gasteiger partial charge in [0.1, 0.15) is 5.82 Å².